The van der Waals surface area contributed by atoms with Gasteiger partial charge in [0.15, 0.2) is 0 Å². The fourth-order valence-electron chi connectivity index (χ4n) is 2.42. The van der Waals surface area contributed by atoms with Crippen LogP contribution in [0.25, 0.3) is 22.4 Å². The molecule has 4 rings (SSSR count). The van der Waals surface area contributed by atoms with Crippen LogP contribution >= 0.6 is 0 Å². The van der Waals surface area contributed by atoms with Crippen molar-refractivity contribution in [1.29, 1.82) is 0 Å². The zero-order valence-corrected chi connectivity index (χ0v) is 13.6. The number of fused-ring (bicyclic) bond motifs is 1. The highest BCUT2D eigenvalue weighted by atomic mass is 19.3. The molecule has 0 saturated heterocycles. The molecule has 27 heavy (non-hydrogen) atoms. The van der Waals surface area contributed by atoms with Gasteiger partial charge in [-0.2, -0.15) is 8.78 Å². The van der Waals surface area contributed by atoms with Crippen LogP contribution in [0.2, 0.25) is 0 Å². The molecule has 0 unspecified atom stereocenters. The van der Waals surface area contributed by atoms with Crippen molar-refractivity contribution in [2.75, 3.05) is 0 Å². The highest BCUT2D eigenvalue weighted by Crippen LogP contribution is 2.24. The van der Waals surface area contributed by atoms with Gasteiger partial charge in [0.2, 0.25) is 5.89 Å². The number of alkyl halides is 2. The Labute approximate surface area is 150 Å². The smallest absolute Gasteiger partial charge is 0.314 e. The summed E-state index contributed by atoms with van der Waals surface area (Å²) < 4.78 is 49.6. The second-order valence-electron chi connectivity index (χ2n) is 5.55. The molecular weight excluding hydrogens is 361 g/mol. The van der Waals surface area contributed by atoms with Gasteiger partial charge in [0.05, 0.1) is 11.1 Å². The van der Waals surface area contributed by atoms with Crippen LogP contribution in [0.4, 0.5) is 13.2 Å². The van der Waals surface area contributed by atoms with Crippen LogP contribution in [0, 0.1) is 5.82 Å². The predicted octanol–water partition coefficient (Wildman–Crippen LogP) is 4.34. The third-order valence-corrected chi connectivity index (χ3v) is 3.74. The van der Waals surface area contributed by atoms with E-state index in [0.717, 1.165) is 17.0 Å². The molecule has 0 aliphatic carbocycles. The first-order chi connectivity index (χ1) is 13.1. The number of halogens is 3. The SMILES string of the molecule is Fc1cc(-c2nnc(C(F)F)o2)cnc1COc1ccc2ncccc2c1. The van der Waals surface area contributed by atoms with Crippen molar-refractivity contribution >= 4 is 10.9 Å². The molecule has 3 heterocycles. The second-order valence-corrected chi connectivity index (χ2v) is 5.55. The van der Waals surface area contributed by atoms with E-state index in [1.54, 1.807) is 24.4 Å². The minimum absolute atomic E-state index is 0.0543. The van der Waals surface area contributed by atoms with Crippen molar-refractivity contribution < 1.29 is 22.3 Å². The van der Waals surface area contributed by atoms with Crippen LogP contribution in [0.15, 0.2) is 53.2 Å². The Kier molecular flexibility index (Phi) is 4.41. The van der Waals surface area contributed by atoms with Gasteiger partial charge in [-0.05, 0) is 30.3 Å². The maximum absolute atomic E-state index is 14.3. The number of aromatic nitrogens is 4. The average Bonchev–Trinajstić information content (AvgIpc) is 3.17. The third-order valence-electron chi connectivity index (χ3n) is 3.74. The number of hydrogen-bond donors (Lipinski definition) is 0. The van der Waals surface area contributed by atoms with E-state index < -0.39 is 18.1 Å². The molecule has 0 fully saturated rings. The summed E-state index contributed by atoms with van der Waals surface area (Å²) in [7, 11) is 0. The van der Waals surface area contributed by atoms with E-state index in [1.165, 1.54) is 6.20 Å². The lowest BCUT2D eigenvalue weighted by atomic mass is 10.2. The molecule has 6 nitrogen and oxygen atoms in total. The van der Waals surface area contributed by atoms with Gasteiger partial charge in [-0.25, -0.2) is 4.39 Å². The summed E-state index contributed by atoms with van der Waals surface area (Å²) in [5, 5.41) is 7.55. The van der Waals surface area contributed by atoms with E-state index >= 15 is 0 Å². The Morgan fingerprint density at radius 1 is 1.07 bits per heavy atom. The van der Waals surface area contributed by atoms with Gasteiger partial charge in [0, 0.05) is 17.8 Å². The van der Waals surface area contributed by atoms with E-state index in [-0.39, 0.29) is 23.8 Å². The van der Waals surface area contributed by atoms with Crippen LogP contribution < -0.4 is 4.74 Å². The van der Waals surface area contributed by atoms with E-state index in [4.69, 9.17) is 9.15 Å². The van der Waals surface area contributed by atoms with Crippen molar-refractivity contribution in [3.63, 3.8) is 0 Å². The highest BCUT2D eigenvalue weighted by Gasteiger charge is 2.18. The average molecular weight is 372 g/mol. The van der Waals surface area contributed by atoms with Crippen molar-refractivity contribution in [3.8, 4) is 17.2 Å². The molecule has 0 aliphatic rings. The van der Waals surface area contributed by atoms with Gasteiger partial charge in [0.25, 0.3) is 5.89 Å². The molecule has 0 saturated carbocycles. The minimum atomic E-state index is -2.89. The second kappa shape index (κ2) is 7.02. The van der Waals surface area contributed by atoms with Gasteiger partial charge >= 0.3 is 6.43 Å². The van der Waals surface area contributed by atoms with E-state index in [9.17, 15) is 13.2 Å². The zero-order chi connectivity index (χ0) is 18.8. The lowest BCUT2D eigenvalue weighted by Crippen LogP contribution is -2.02. The van der Waals surface area contributed by atoms with Crippen molar-refractivity contribution in [1.82, 2.24) is 20.2 Å². The molecule has 0 spiro atoms. The van der Waals surface area contributed by atoms with Crippen LogP contribution in [-0.4, -0.2) is 20.2 Å². The molecule has 1 aromatic carbocycles. The van der Waals surface area contributed by atoms with E-state index in [0.29, 0.717) is 5.75 Å². The number of ether oxygens (including phenoxy) is 1. The molecule has 0 bridgehead atoms. The summed E-state index contributed by atoms with van der Waals surface area (Å²) in [4.78, 5) is 8.17. The van der Waals surface area contributed by atoms with Crippen LogP contribution in [0.3, 0.4) is 0 Å². The van der Waals surface area contributed by atoms with Gasteiger partial charge in [-0.3, -0.25) is 9.97 Å². The number of pyridine rings is 2. The van der Waals surface area contributed by atoms with Crippen molar-refractivity contribution in [2.24, 2.45) is 0 Å². The standard InChI is InChI=1S/C18H11F3N4O2/c19-13-7-11(17-24-25-18(27-17)16(20)21)8-23-15(13)9-26-12-3-4-14-10(6-12)2-1-5-22-14/h1-8,16H,9H2. The van der Waals surface area contributed by atoms with Gasteiger partial charge in [-0.15, -0.1) is 10.2 Å². The van der Waals surface area contributed by atoms with Gasteiger partial charge in [-0.1, -0.05) is 6.07 Å². The third kappa shape index (κ3) is 3.57. The first-order valence-electron chi connectivity index (χ1n) is 7.84. The Morgan fingerprint density at radius 2 is 1.96 bits per heavy atom. The number of hydrogen-bond acceptors (Lipinski definition) is 6. The van der Waals surface area contributed by atoms with Gasteiger partial charge < -0.3 is 9.15 Å². The highest BCUT2D eigenvalue weighted by molar-refractivity contribution is 5.79. The summed E-state index contributed by atoms with van der Waals surface area (Å²) in [6.07, 6.45) is 0.0561. The van der Waals surface area contributed by atoms with Crippen molar-refractivity contribution in [2.45, 2.75) is 13.0 Å². The molecule has 9 heteroatoms. The maximum Gasteiger partial charge on any atom is 0.314 e. The van der Waals surface area contributed by atoms with Crippen molar-refractivity contribution in [3.05, 3.63) is 66.2 Å². The molecule has 4 aromatic rings. The normalized spacial score (nSPS) is 11.3. The zero-order valence-electron chi connectivity index (χ0n) is 13.6. The molecule has 0 amide bonds. The van der Waals surface area contributed by atoms with Crippen LogP contribution in [-0.2, 0) is 6.61 Å². The minimum Gasteiger partial charge on any atom is -0.487 e. The largest absolute Gasteiger partial charge is 0.487 e. The number of benzene rings is 1. The fourth-order valence-corrected chi connectivity index (χ4v) is 2.42. The maximum atomic E-state index is 14.3. The fraction of sp³-hybridized carbons (Fsp3) is 0.111. The lowest BCUT2D eigenvalue weighted by molar-refractivity contribution is 0.116. The Balaban J connectivity index is 1.50. The van der Waals surface area contributed by atoms with E-state index in [2.05, 4.69) is 20.2 Å². The Bertz CT molecular complexity index is 1100. The first-order valence-corrected chi connectivity index (χ1v) is 7.84. The molecule has 0 atom stereocenters. The molecule has 0 aliphatic heterocycles. The van der Waals surface area contributed by atoms with E-state index in [1.807, 2.05) is 12.1 Å². The topological polar surface area (TPSA) is 73.9 Å². The molecule has 3 aromatic heterocycles. The summed E-state index contributed by atoms with van der Waals surface area (Å²) >= 11 is 0. The Hall–Kier alpha value is -3.49. The molecule has 0 radical (unpaired) electrons. The summed E-state index contributed by atoms with van der Waals surface area (Å²) in [5.41, 5.74) is 0.979. The Morgan fingerprint density at radius 3 is 2.74 bits per heavy atom. The molecular formula is C18H11F3N4O2. The summed E-state index contributed by atoms with van der Waals surface area (Å²) in [6.45, 7) is -0.107. The molecule has 0 N–H and O–H groups in total. The predicted molar refractivity (Wildman–Crippen MR) is 88.5 cm³/mol. The lowest BCUT2D eigenvalue weighted by Gasteiger charge is -2.08. The van der Waals surface area contributed by atoms with Gasteiger partial charge in [0.1, 0.15) is 23.9 Å². The number of rotatable bonds is 5. The quantitative estimate of drug-likeness (QED) is 0.519. The molecule has 136 valence electrons. The summed E-state index contributed by atoms with van der Waals surface area (Å²) in [6, 6.07) is 10.1. The number of nitrogens with zero attached hydrogens (tertiary/aromatic N) is 4. The summed E-state index contributed by atoms with van der Waals surface area (Å²) in [5.74, 6) is -1.19. The monoisotopic (exact) mass is 372 g/mol. The first kappa shape index (κ1) is 17.0. The van der Waals surface area contributed by atoms with Crippen LogP contribution in [0.5, 0.6) is 5.75 Å². The van der Waals surface area contributed by atoms with Crippen LogP contribution in [0.1, 0.15) is 18.0 Å².